The molecule has 1 amide bonds. The van der Waals surface area contributed by atoms with Gasteiger partial charge in [-0.1, -0.05) is 35.3 Å². The maximum Gasteiger partial charge on any atom is 0.257 e. The van der Waals surface area contributed by atoms with Gasteiger partial charge in [-0.05, 0) is 35.9 Å². The maximum atomic E-state index is 12.4. The summed E-state index contributed by atoms with van der Waals surface area (Å²) in [5.74, 6) is -0.280. The van der Waals surface area contributed by atoms with E-state index in [1.807, 2.05) is 6.07 Å². The van der Waals surface area contributed by atoms with Gasteiger partial charge in [0.15, 0.2) is 5.13 Å². The highest BCUT2D eigenvalue weighted by Crippen LogP contribution is 2.32. The molecular formula is C18H11Cl2N3OS. The number of carbonyl (C=O) groups is 1. The fraction of sp³-hybridized carbons (Fsp3) is 0.0556. The van der Waals surface area contributed by atoms with Crippen molar-refractivity contribution in [2.45, 2.75) is 6.42 Å². The lowest BCUT2D eigenvalue weighted by Crippen LogP contribution is -2.11. The fourth-order valence-electron chi connectivity index (χ4n) is 2.23. The molecule has 0 bridgehead atoms. The first-order chi connectivity index (χ1) is 12.1. The van der Waals surface area contributed by atoms with E-state index in [-0.39, 0.29) is 12.3 Å². The molecule has 3 aromatic rings. The van der Waals surface area contributed by atoms with E-state index >= 15 is 0 Å². The Hall–Kier alpha value is -2.39. The second-order valence-electron chi connectivity index (χ2n) is 5.15. The summed E-state index contributed by atoms with van der Waals surface area (Å²) in [7, 11) is 0. The summed E-state index contributed by atoms with van der Waals surface area (Å²) < 4.78 is 0. The van der Waals surface area contributed by atoms with Gasteiger partial charge in [-0.2, -0.15) is 5.26 Å². The number of carbonyl (C=O) groups excluding carboxylic acids is 1. The minimum absolute atomic E-state index is 0.260. The molecule has 4 nitrogen and oxygen atoms in total. The van der Waals surface area contributed by atoms with Crippen molar-refractivity contribution in [3.05, 3.63) is 69.0 Å². The Morgan fingerprint density at radius 1 is 1.24 bits per heavy atom. The maximum absolute atomic E-state index is 12.4. The van der Waals surface area contributed by atoms with E-state index in [4.69, 9.17) is 28.5 Å². The largest absolute Gasteiger partial charge is 0.298 e. The molecule has 0 unspecified atom stereocenters. The van der Waals surface area contributed by atoms with Crippen LogP contribution in [0.1, 0.15) is 15.9 Å². The molecule has 2 aromatic carbocycles. The van der Waals surface area contributed by atoms with Crippen LogP contribution in [-0.2, 0) is 6.42 Å². The molecule has 3 rings (SSSR count). The molecular weight excluding hydrogens is 377 g/mol. The number of thiazole rings is 1. The molecule has 0 radical (unpaired) electrons. The van der Waals surface area contributed by atoms with Crippen LogP contribution in [0.3, 0.4) is 0 Å². The van der Waals surface area contributed by atoms with Crippen LogP contribution in [0, 0.1) is 11.3 Å². The lowest BCUT2D eigenvalue weighted by atomic mass is 10.1. The molecule has 0 aliphatic carbocycles. The molecule has 1 N–H and O–H groups in total. The predicted octanol–water partition coefficient (Wildman–Crippen LogP) is 5.44. The highest BCUT2D eigenvalue weighted by molar-refractivity contribution is 7.14. The van der Waals surface area contributed by atoms with Crippen LogP contribution < -0.4 is 5.32 Å². The van der Waals surface area contributed by atoms with Gasteiger partial charge >= 0.3 is 0 Å². The Morgan fingerprint density at radius 2 is 2.08 bits per heavy atom. The van der Waals surface area contributed by atoms with E-state index in [0.29, 0.717) is 32.0 Å². The molecule has 7 heteroatoms. The summed E-state index contributed by atoms with van der Waals surface area (Å²) in [6.45, 7) is 0. The standard InChI is InChI=1S/C18H11Cl2N3OS/c19-13-4-5-15(20)14(9-13)16-10-25-18(22-16)23-17(24)12-3-1-2-11(8-12)6-7-21/h1-5,8-10H,6H2,(H,22,23,24). The van der Waals surface area contributed by atoms with Gasteiger partial charge in [0, 0.05) is 21.5 Å². The SMILES string of the molecule is N#CCc1cccc(C(=O)Nc2nc(-c3cc(Cl)ccc3Cl)cs2)c1. The van der Waals surface area contributed by atoms with Gasteiger partial charge < -0.3 is 0 Å². The summed E-state index contributed by atoms with van der Waals surface area (Å²) in [5, 5.41) is 14.9. The quantitative estimate of drug-likeness (QED) is 0.648. The smallest absolute Gasteiger partial charge is 0.257 e. The Bertz CT molecular complexity index is 978. The van der Waals surface area contributed by atoms with Crippen LogP contribution in [0.25, 0.3) is 11.3 Å². The first-order valence-corrected chi connectivity index (χ1v) is 8.88. The summed E-state index contributed by atoms with van der Waals surface area (Å²) >= 11 is 13.5. The Labute approximate surface area is 158 Å². The van der Waals surface area contributed by atoms with E-state index in [2.05, 4.69) is 16.4 Å². The van der Waals surface area contributed by atoms with Crippen molar-refractivity contribution in [1.82, 2.24) is 4.98 Å². The second-order valence-corrected chi connectivity index (χ2v) is 6.85. The Kier molecular flexibility index (Phi) is 5.34. The van der Waals surface area contributed by atoms with Crippen molar-refractivity contribution < 1.29 is 4.79 Å². The molecule has 0 spiro atoms. The van der Waals surface area contributed by atoms with Gasteiger partial charge in [0.1, 0.15) is 0 Å². The number of halogens is 2. The number of amides is 1. The normalized spacial score (nSPS) is 10.3. The van der Waals surface area contributed by atoms with Gasteiger partial charge in [0.25, 0.3) is 5.91 Å². The van der Waals surface area contributed by atoms with Gasteiger partial charge in [0.2, 0.25) is 0 Å². The molecule has 1 aromatic heterocycles. The molecule has 1 heterocycles. The lowest BCUT2D eigenvalue weighted by Gasteiger charge is -2.04. The zero-order valence-corrected chi connectivity index (χ0v) is 15.1. The summed E-state index contributed by atoms with van der Waals surface area (Å²) in [6, 6.07) is 14.2. The van der Waals surface area contributed by atoms with Gasteiger partial charge in [0.05, 0.1) is 23.2 Å². The average Bonchev–Trinajstić information content (AvgIpc) is 3.06. The zero-order chi connectivity index (χ0) is 17.8. The Balaban J connectivity index is 1.79. The molecule has 0 saturated carbocycles. The Morgan fingerprint density at radius 3 is 2.88 bits per heavy atom. The molecule has 0 atom stereocenters. The minimum atomic E-state index is -0.280. The topological polar surface area (TPSA) is 65.8 Å². The number of hydrogen-bond acceptors (Lipinski definition) is 4. The van der Waals surface area contributed by atoms with Crippen LogP contribution in [0.4, 0.5) is 5.13 Å². The van der Waals surface area contributed by atoms with Crippen LogP contribution in [-0.4, -0.2) is 10.9 Å². The van der Waals surface area contributed by atoms with Crippen LogP contribution in [0.15, 0.2) is 47.8 Å². The number of benzene rings is 2. The molecule has 0 fully saturated rings. The third-order valence-corrected chi connectivity index (χ3v) is 4.72. The van der Waals surface area contributed by atoms with E-state index in [1.165, 1.54) is 11.3 Å². The number of nitrogens with zero attached hydrogens (tertiary/aromatic N) is 2. The molecule has 124 valence electrons. The van der Waals surface area contributed by atoms with Crippen molar-refractivity contribution in [2.75, 3.05) is 5.32 Å². The monoisotopic (exact) mass is 387 g/mol. The summed E-state index contributed by atoms with van der Waals surface area (Å²) in [5.41, 5.74) is 2.62. The predicted molar refractivity (Wildman–Crippen MR) is 101 cm³/mol. The van der Waals surface area contributed by atoms with Gasteiger partial charge in [-0.15, -0.1) is 11.3 Å². The number of aromatic nitrogens is 1. The van der Waals surface area contributed by atoms with E-state index < -0.39 is 0 Å². The van der Waals surface area contributed by atoms with E-state index in [0.717, 1.165) is 5.56 Å². The van der Waals surface area contributed by atoms with Crippen molar-refractivity contribution >= 4 is 45.6 Å². The van der Waals surface area contributed by atoms with E-state index in [9.17, 15) is 4.79 Å². The first-order valence-electron chi connectivity index (χ1n) is 7.25. The second kappa shape index (κ2) is 7.66. The zero-order valence-electron chi connectivity index (χ0n) is 12.8. The number of nitriles is 1. The number of anilines is 1. The van der Waals surface area contributed by atoms with Crippen LogP contribution >= 0.6 is 34.5 Å². The van der Waals surface area contributed by atoms with Crippen molar-refractivity contribution in [3.8, 4) is 17.3 Å². The minimum Gasteiger partial charge on any atom is -0.298 e. The molecule has 0 aliphatic rings. The molecule has 0 aliphatic heterocycles. The fourth-order valence-corrected chi connectivity index (χ4v) is 3.32. The van der Waals surface area contributed by atoms with Crippen LogP contribution in [0.2, 0.25) is 10.0 Å². The first kappa shape index (κ1) is 17.4. The van der Waals surface area contributed by atoms with Crippen LogP contribution in [0.5, 0.6) is 0 Å². The van der Waals surface area contributed by atoms with Crippen molar-refractivity contribution in [1.29, 1.82) is 5.26 Å². The third-order valence-electron chi connectivity index (χ3n) is 3.40. The van der Waals surface area contributed by atoms with Gasteiger partial charge in [-0.25, -0.2) is 4.98 Å². The molecule has 25 heavy (non-hydrogen) atoms. The molecule has 0 saturated heterocycles. The summed E-state index contributed by atoms with van der Waals surface area (Å²) in [6.07, 6.45) is 0.260. The average molecular weight is 388 g/mol. The van der Waals surface area contributed by atoms with Crippen molar-refractivity contribution in [3.63, 3.8) is 0 Å². The third kappa shape index (κ3) is 4.18. The highest BCUT2D eigenvalue weighted by atomic mass is 35.5. The number of hydrogen-bond donors (Lipinski definition) is 1. The lowest BCUT2D eigenvalue weighted by molar-refractivity contribution is 0.102. The van der Waals surface area contributed by atoms with Gasteiger partial charge in [-0.3, -0.25) is 10.1 Å². The highest BCUT2D eigenvalue weighted by Gasteiger charge is 2.12. The van der Waals surface area contributed by atoms with E-state index in [1.54, 1.807) is 41.8 Å². The summed E-state index contributed by atoms with van der Waals surface area (Å²) in [4.78, 5) is 16.8. The van der Waals surface area contributed by atoms with Crippen molar-refractivity contribution in [2.24, 2.45) is 0 Å². The number of rotatable bonds is 4. The number of nitrogens with one attached hydrogen (secondary N) is 1.